The van der Waals surface area contributed by atoms with Gasteiger partial charge in [-0.3, -0.25) is 4.98 Å². The van der Waals surface area contributed by atoms with Crippen LogP contribution in [0, 0.1) is 5.82 Å². The van der Waals surface area contributed by atoms with Gasteiger partial charge in [-0.2, -0.15) is 0 Å². The van der Waals surface area contributed by atoms with Crippen LogP contribution in [-0.4, -0.2) is 22.6 Å². The Kier molecular flexibility index (Phi) is 4.14. The lowest BCUT2D eigenvalue weighted by Gasteiger charge is -2.25. The first-order valence-electron chi connectivity index (χ1n) is 6.12. The zero-order chi connectivity index (χ0) is 14.5. The summed E-state index contributed by atoms with van der Waals surface area (Å²) in [7, 11) is 0. The highest BCUT2D eigenvalue weighted by molar-refractivity contribution is 6.02. The van der Waals surface area contributed by atoms with Crippen molar-refractivity contribution in [2.75, 3.05) is 11.4 Å². The first-order chi connectivity index (χ1) is 9.67. The average molecular weight is 274 g/mol. The molecule has 20 heavy (non-hydrogen) atoms. The van der Waals surface area contributed by atoms with E-state index in [2.05, 4.69) is 10.1 Å². The van der Waals surface area contributed by atoms with Gasteiger partial charge in [0.1, 0.15) is 5.82 Å². The van der Waals surface area contributed by atoms with Gasteiger partial charge < -0.3 is 15.8 Å². The van der Waals surface area contributed by atoms with Crippen LogP contribution >= 0.6 is 0 Å². The molecular formula is C14H15FN4O. The van der Waals surface area contributed by atoms with Gasteiger partial charge in [-0.25, -0.2) is 4.39 Å². The molecule has 6 heteroatoms. The Morgan fingerprint density at radius 3 is 2.65 bits per heavy atom. The second kappa shape index (κ2) is 6.01. The van der Waals surface area contributed by atoms with Crippen molar-refractivity contribution in [3.05, 3.63) is 54.1 Å². The summed E-state index contributed by atoms with van der Waals surface area (Å²) < 4.78 is 13.0. The fourth-order valence-corrected chi connectivity index (χ4v) is 1.98. The molecule has 0 saturated carbocycles. The summed E-state index contributed by atoms with van der Waals surface area (Å²) in [5.41, 5.74) is 7.73. The standard InChI is InChI=1S/C14H15FN4O/c1-2-19(11-5-3-10(15)4-6-11)13-9-17-8-7-12(13)14(16)18-20/h3-9,20H,2H2,1H3,(H2,16,18). The van der Waals surface area contributed by atoms with Crippen molar-refractivity contribution < 1.29 is 9.60 Å². The van der Waals surface area contributed by atoms with E-state index in [1.54, 1.807) is 30.6 Å². The first kappa shape index (κ1) is 13.8. The van der Waals surface area contributed by atoms with Gasteiger partial charge in [0.2, 0.25) is 0 Å². The lowest BCUT2D eigenvalue weighted by molar-refractivity contribution is 0.318. The summed E-state index contributed by atoms with van der Waals surface area (Å²) in [6.45, 7) is 2.58. The van der Waals surface area contributed by atoms with Crippen molar-refractivity contribution >= 4 is 17.2 Å². The molecular weight excluding hydrogens is 259 g/mol. The van der Waals surface area contributed by atoms with Gasteiger partial charge in [-0.15, -0.1) is 0 Å². The molecule has 5 nitrogen and oxygen atoms in total. The Balaban J connectivity index is 2.50. The zero-order valence-electron chi connectivity index (χ0n) is 11.0. The quantitative estimate of drug-likeness (QED) is 0.389. The monoisotopic (exact) mass is 274 g/mol. The van der Waals surface area contributed by atoms with Crippen LogP contribution in [0.2, 0.25) is 0 Å². The molecule has 104 valence electrons. The fourth-order valence-electron chi connectivity index (χ4n) is 1.98. The first-order valence-corrected chi connectivity index (χ1v) is 6.12. The lowest BCUT2D eigenvalue weighted by Crippen LogP contribution is -2.22. The molecule has 0 bridgehead atoms. The molecule has 0 aliphatic carbocycles. The Bertz CT molecular complexity index is 613. The van der Waals surface area contributed by atoms with Crippen molar-refractivity contribution in [3.8, 4) is 0 Å². The van der Waals surface area contributed by atoms with Crippen LogP contribution in [0.5, 0.6) is 0 Å². The SMILES string of the molecule is CCN(c1ccc(F)cc1)c1cnccc1/C(N)=N/O. The lowest BCUT2D eigenvalue weighted by atomic mass is 10.1. The molecule has 0 radical (unpaired) electrons. The average Bonchev–Trinajstić information content (AvgIpc) is 2.49. The molecule has 0 aliphatic heterocycles. The smallest absolute Gasteiger partial charge is 0.172 e. The van der Waals surface area contributed by atoms with E-state index >= 15 is 0 Å². The molecule has 2 rings (SSSR count). The molecule has 2 aromatic rings. The number of oxime groups is 1. The molecule has 1 heterocycles. The third-order valence-electron chi connectivity index (χ3n) is 2.93. The molecule has 0 fully saturated rings. The molecule has 1 aromatic heterocycles. The van der Waals surface area contributed by atoms with E-state index in [-0.39, 0.29) is 11.7 Å². The van der Waals surface area contributed by atoms with Crippen molar-refractivity contribution in [2.45, 2.75) is 6.92 Å². The number of pyridine rings is 1. The Hall–Kier alpha value is -2.63. The minimum atomic E-state index is -0.298. The van der Waals surface area contributed by atoms with E-state index in [0.29, 0.717) is 17.8 Å². The number of halogens is 1. The normalized spacial score (nSPS) is 11.4. The van der Waals surface area contributed by atoms with Crippen LogP contribution < -0.4 is 10.6 Å². The van der Waals surface area contributed by atoms with E-state index in [4.69, 9.17) is 10.9 Å². The largest absolute Gasteiger partial charge is 0.409 e. The number of amidine groups is 1. The fraction of sp³-hybridized carbons (Fsp3) is 0.143. The number of hydrogen-bond donors (Lipinski definition) is 2. The van der Waals surface area contributed by atoms with Crippen LogP contribution in [0.4, 0.5) is 15.8 Å². The third-order valence-corrected chi connectivity index (χ3v) is 2.93. The molecule has 0 saturated heterocycles. The zero-order valence-corrected chi connectivity index (χ0v) is 11.0. The maximum absolute atomic E-state index is 13.0. The number of anilines is 2. The molecule has 0 spiro atoms. The second-order valence-electron chi connectivity index (χ2n) is 4.10. The molecule has 1 aromatic carbocycles. The van der Waals surface area contributed by atoms with Crippen LogP contribution in [0.25, 0.3) is 0 Å². The molecule has 0 unspecified atom stereocenters. The van der Waals surface area contributed by atoms with Gasteiger partial charge in [0.25, 0.3) is 0 Å². The van der Waals surface area contributed by atoms with Crippen LogP contribution in [-0.2, 0) is 0 Å². The van der Waals surface area contributed by atoms with Crippen molar-refractivity contribution in [1.82, 2.24) is 4.98 Å². The summed E-state index contributed by atoms with van der Waals surface area (Å²) in [6, 6.07) is 7.77. The molecule has 3 N–H and O–H groups in total. The molecule has 0 aliphatic rings. The van der Waals surface area contributed by atoms with Crippen LogP contribution in [0.3, 0.4) is 0 Å². The summed E-state index contributed by atoms with van der Waals surface area (Å²) in [4.78, 5) is 5.97. The topological polar surface area (TPSA) is 74.7 Å². The highest BCUT2D eigenvalue weighted by atomic mass is 19.1. The summed E-state index contributed by atoms with van der Waals surface area (Å²) in [6.07, 6.45) is 3.19. The van der Waals surface area contributed by atoms with Crippen LogP contribution in [0.15, 0.2) is 47.9 Å². The third kappa shape index (κ3) is 2.69. The molecule has 0 atom stereocenters. The van der Waals surface area contributed by atoms with Gasteiger partial charge in [-0.05, 0) is 37.3 Å². The number of hydrogen-bond acceptors (Lipinski definition) is 4. The Labute approximate surface area is 116 Å². The van der Waals surface area contributed by atoms with Gasteiger partial charge in [0.15, 0.2) is 5.84 Å². The second-order valence-corrected chi connectivity index (χ2v) is 4.10. The predicted octanol–water partition coefficient (Wildman–Crippen LogP) is 2.47. The summed E-state index contributed by atoms with van der Waals surface area (Å²) >= 11 is 0. The van der Waals surface area contributed by atoms with Crippen molar-refractivity contribution in [3.63, 3.8) is 0 Å². The maximum atomic E-state index is 13.0. The van der Waals surface area contributed by atoms with Gasteiger partial charge >= 0.3 is 0 Å². The van der Waals surface area contributed by atoms with E-state index < -0.39 is 0 Å². The van der Waals surface area contributed by atoms with Gasteiger partial charge in [0.05, 0.1) is 11.9 Å². The van der Waals surface area contributed by atoms with E-state index in [1.165, 1.54) is 12.1 Å². The maximum Gasteiger partial charge on any atom is 0.172 e. The Morgan fingerprint density at radius 2 is 2.05 bits per heavy atom. The summed E-state index contributed by atoms with van der Waals surface area (Å²) in [5.74, 6) is -0.296. The van der Waals surface area contributed by atoms with Crippen molar-refractivity contribution in [1.29, 1.82) is 0 Å². The number of nitrogens with two attached hydrogens (primary N) is 1. The van der Waals surface area contributed by atoms with E-state index in [9.17, 15) is 4.39 Å². The minimum Gasteiger partial charge on any atom is -0.409 e. The van der Waals surface area contributed by atoms with Crippen LogP contribution in [0.1, 0.15) is 12.5 Å². The Morgan fingerprint density at radius 1 is 1.35 bits per heavy atom. The number of aromatic nitrogens is 1. The summed E-state index contributed by atoms with van der Waals surface area (Å²) in [5, 5.41) is 11.9. The number of rotatable bonds is 4. The van der Waals surface area contributed by atoms with Crippen molar-refractivity contribution in [2.24, 2.45) is 10.9 Å². The van der Waals surface area contributed by atoms with Gasteiger partial charge in [-0.1, -0.05) is 5.16 Å². The van der Waals surface area contributed by atoms with E-state index in [0.717, 1.165) is 5.69 Å². The van der Waals surface area contributed by atoms with Gasteiger partial charge in [0, 0.05) is 24.0 Å². The highest BCUT2D eigenvalue weighted by Gasteiger charge is 2.14. The highest BCUT2D eigenvalue weighted by Crippen LogP contribution is 2.27. The molecule has 0 amide bonds. The van der Waals surface area contributed by atoms with E-state index in [1.807, 2.05) is 11.8 Å². The minimum absolute atomic E-state index is 0.00274. The number of nitrogens with zero attached hydrogens (tertiary/aromatic N) is 3. The number of benzene rings is 1. The predicted molar refractivity (Wildman–Crippen MR) is 75.8 cm³/mol.